The summed E-state index contributed by atoms with van der Waals surface area (Å²) in [7, 11) is 0. The smallest absolute Gasteiger partial charge is 0.264 e. The van der Waals surface area contributed by atoms with Gasteiger partial charge in [-0.25, -0.2) is 0 Å². The predicted molar refractivity (Wildman–Crippen MR) is 98.5 cm³/mol. The van der Waals surface area contributed by atoms with Crippen LogP contribution in [-0.4, -0.2) is 29.6 Å². The monoisotopic (exact) mass is 346 g/mol. The van der Waals surface area contributed by atoms with Gasteiger partial charge < -0.3 is 4.74 Å². The van der Waals surface area contributed by atoms with Crippen molar-refractivity contribution in [1.29, 1.82) is 0 Å². The van der Waals surface area contributed by atoms with Crippen molar-refractivity contribution in [3.63, 3.8) is 0 Å². The first-order valence-electron chi connectivity index (χ1n) is 8.68. The molecule has 0 radical (unpaired) electrons. The average Bonchev–Trinajstić information content (AvgIpc) is 2.99. The minimum absolute atomic E-state index is 0.0251. The lowest BCUT2D eigenvalue weighted by atomic mass is 9.93. The fourth-order valence-electron chi connectivity index (χ4n) is 4.24. The number of ether oxygens (including phenoxy) is 1. The molecular weight excluding hydrogens is 328 g/mol. The van der Waals surface area contributed by atoms with Crippen molar-refractivity contribution in [2.45, 2.75) is 19.4 Å². The molecule has 3 aromatic rings. The summed E-state index contributed by atoms with van der Waals surface area (Å²) in [4.78, 5) is 28.1. The third kappa shape index (κ3) is 1.83. The highest BCUT2D eigenvalue weighted by Gasteiger charge is 2.48. The summed E-state index contributed by atoms with van der Waals surface area (Å²) >= 11 is 0. The number of morpholine rings is 1. The van der Waals surface area contributed by atoms with E-state index in [1.165, 1.54) is 0 Å². The first-order valence-corrected chi connectivity index (χ1v) is 8.68. The molecule has 1 unspecified atom stereocenters. The lowest BCUT2D eigenvalue weighted by Crippen LogP contribution is -2.56. The van der Waals surface area contributed by atoms with Gasteiger partial charge in [-0.2, -0.15) is 0 Å². The zero-order valence-corrected chi connectivity index (χ0v) is 14.7. The number of hydrogen-bond donors (Lipinski definition) is 0. The zero-order valence-electron chi connectivity index (χ0n) is 14.7. The van der Waals surface area contributed by atoms with Gasteiger partial charge in [0.05, 0.1) is 29.1 Å². The Labute approximate surface area is 150 Å². The number of fused-ring (bicyclic) bond motifs is 7. The summed E-state index contributed by atoms with van der Waals surface area (Å²) in [5, 5.41) is 0.978. The maximum Gasteiger partial charge on any atom is 0.264 e. The highest BCUT2D eigenvalue weighted by Crippen LogP contribution is 2.43. The second-order valence-electron chi connectivity index (χ2n) is 7.25. The molecule has 1 aromatic heterocycles. The normalized spacial score (nSPS) is 22.0. The molecule has 2 aliphatic rings. The Balaban J connectivity index is 1.94. The van der Waals surface area contributed by atoms with Gasteiger partial charge in [0.25, 0.3) is 11.8 Å². The van der Waals surface area contributed by atoms with Crippen LogP contribution in [-0.2, 0) is 15.1 Å². The third-order valence-corrected chi connectivity index (χ3v) is 5.44. The molecule has 5 nitrogen and oxygen atoms in total. The van der Waals surface area contributed by atoms with E-state index < -0.39 is 5.54 Å². The second-order valence-corrected chi connectivity index (χ2v) is 7.25. The molecule has 1 atom stereocenters. The lowest BCUT2D eigenvalue weighted by Gasteiger charge is -2.43. The molecule has 130 valence electrons. The summed E-state index contributed by atoms with van der Waals surface area (Å²) in [5.41, 5.74) is 3.08. The van der Waals surface area contributed by atoms with E-state index in [4.69, 9.17) is 4.74 Å². The van der Waals surface area contributed by atoms with Crippen LogP contribution in [0.2, 0.25) is 0 Å². The van der Waals surface area contributed by atoms with Crippen LogP contribution in [0.1, 0.15) is 28.5 Å². The van der Waals surface area contributed by atoms with Crippen LogP contribution >= 0.6 is 0 Å². The maximum atomic E-state index is 13.5. The number of carbonyl (C=O) groups excluding carboxylic acids is 2. The fraction of sp³-hybridized carbons (Fsp3) is 0.238. The van der Waals surface area contributed by atoms with Gasteiger partial charge in [-0.1, -0.05) is 29.8 Å². The molecule has 1 amide bonds. The number of para-hydroxylation sites is 1. The molecule has 0 saturated carbocycles. The molecule has 2 aliphatic heterocycles. The molecule has 1 fully saturated rings. The van der Waals surface area contributed by atoms with Crippen molar-refractivity contribution in [3.05, 3.63) is 65.4 Å². The first kappa shape index (κ1) is 15.3. The van der Waals surface area contributed by atoms with Gasteiger partial charge in [-0.15, -0.1) is 0 Å². The van der Waals surface area contributed by atoms with Crippen molar-refractivity contribution in [3.8, 4) is 0 Å². The SMILES string of the molecule is Cc1ccc2c(c1)C(=O)n1c(cc3ccccc31)C1(C)COCC(=O)N21. The molecule has 2 aromatic carbocycles. The van der Waals surface area contributed by atoms with E-state index >= 15 is 0 Å². The molecule has 1 saturated heterocycles. The van der Waals surface area contributed by atoms with E-state index in [9.17, 15) is 9.59 Å². The largest absolute Gasteiger partial charge is 0.369 e. The Kier molecular flexibility index (Phi) is 2.98. The van der Waals surface area contributed by atoms with Crippen LogP contribution in [0, 0.1) is 6.92 Å². The number of hydrogen-bond acceptors (Lipinski definition) is 3. The zero-order chi connectivity index (χ0) is 18.1. The molecule has 3 heterocycles. The molecule has 0 N–H and O–H groups in total. The van der Waals surface area contributed by atoms with E-state index in [1.54, 1.807) is 9.47 Å². The third-order valence-electron chi connectivity index (χ3n) is 5.44. The Morgan fingerprint density at radius 1 is 1.08 bits per heavy atom. The topological polar surface area (TPSA) is 51.5 Å². The summed E-state index contributed by atoms with van der Waals surface area (Å²) < 4.78 is 7.37. The highest BCUT2D eigenvalue weighted by atomic mass is 16.5. The molecule has 0 spiro atoms. The molecule has 26 heavy (non-hydrogen) atoms. The number of aromatic nitrogens is 1. The van der Waals surface area contributed by atoms with Crippen molar-refractivity contribution in [2.24, 2.45) is 0 Å². The predicted octanol–water partition coefficient (Wildman–Crippen LogP) is 3.23. The van der Waals surface area contributed by atoms with Crippen molar-refractivity contribution in [1.82, 2.24) is 4.57 Å². The summed E-state index contributed by atoms with van der Waals surface area (Å²) in [6.07, 6.45) is 0. The fourth-order valence-corrected chi connectivity index (χ4v) is 4.24. The van der Waals surface area contributed by atoms with Crippen molar-refractivity contribution < 1.29 is 14.3 Å². The second kappa shape index (κ2) is 5.05. The van der Waals surface area contributed by atoms with Crippen LogP contribution in [0.3, 0.4) is 0 Å². The lowest BCUT2D eigenvalue weighted by molar-refractivity contribution is -0.130. The van der Waals surface area contributed by atoms with Crippen LogP contribution in [0.4, 0.5) is 5.69 Å². The first-order chi connectivity index (χ1) is 12.5. The Hall–Kier alpha value is -2.92. The summed E-state index contributed by atoms with van der Waals surface area (Å²) in [6, 6.07) is 15.5. The van der Waals surface area contributed by atoms with Gasteiger partial charge in [0, 0.05) is 5.39 Å². The quantitative estimate of drug-likeness (QED) is 0.628. The maximum absolute atomic E-state index is 13.5. The Morgan fingerprint density at radius 3 is 2.73 bits per heavy atom. The van der Waals surface area contributed by atoms with Gasteiger partial charge in [-0.05, 0) is 38.1 Å². The van der Waals surface area contributed by atoms with Crippen LogP contribution in [0.5, 0.6) is 0 Å². The number of anilines is 1. The summed E-state index contributed by atoms with van der Waals surface area (Å²) in [6.45, 7) is 4.29. The van der Waals surface area contributed by atoms with Gasteiger partial charge in [0.1, 0.15) is 12.1 Å². The van der Waals surface area contributed by atoms with E-state index in [0.29, 0.717) is 17.9 Å². The Morgan fingerprint density at radius 2 is 1.88 bits per heavy atom. The van der Waals surface area contributed by atoms with Gasteiger partial charge >= 0.3 is 0 Å². The van der Waals surface area contributed by atoms with E-state index in [0.717, 1.165) is 22.2 Å². The Bertz CT molecular complexity index is 1100. The highest BCUT2D eigenvalue weighted by molar-refractivity contribution is 6.11. The van der Waals surface area contributed by atoms with E-state index in [2.05, 4.69) is 0 Å². The molecule has 5 rings (SSSR count). The minimum Gasteiger partial charge on any atom is -0.369 e. The van der Waals surface area contributed by atoms with Crippen molar-refractivity contribution in [2.75, 3.05) is 18.1 Å². The molecule has 0 bridgehead atoms. The summed E-state index contributed by atoms with van der Waals surface area (Å²) in [5.74, 6) is -0.237. The van der Waals surface area contributed by atoms with Gasteiger partial charge in [-0.3, -0.25) is 19.1 Å². The standard InChI is InChI=1S/C21H18N2O3/c1-13-7-8-17-15(9-13)20(25)22-16-6-4-3-5-14(16)10-18(22)21(2)12-26-11-19(24)23(17)21/h3-10H,11-12H2,1-2H3. The number of benzene rings is 2. The van der Waals surface area contributed by atoms with Crippen LogP contribution in [0.25, 0.3) is 10.9 Å². The van der Waals surface area contributed by atoms with Gasteiger partial charge in [0.2, 0.25) is 0 Å². The number of nitrogens with zero attached hydrogens (tertiary/aromatic N) is 2. The number of aryl methyl sites for hydroxylation is 1. The van der Waals surface area contributed by atoms with Gasteiger partial charge in [0.15, 0.2) is 0 Å². The van der Waals surface area contributed by atoms with Crippen molar-refractivity contribution >= 4 is 28.4 Å². The molecular formula is C21H18N2O3. The number of amides is 1. The van der Waals surface area contributed by atoms with E-state index in [1.807, 2.05) is 62.4 Å². The molecule has 0 aliphatic carbocycles. The number of carbonyl (C=O) groups is 2. The number of rotatable bonds is 0. The minimum atomic E-state index is -0.746. The molecule has 5 heteroatoms. The van der Waals surface area contributed by atoms with E-state index in [-0.39, 0.29) is 18.4 Å². The van der Waals surface area contributed by atoms with Crippen LogP contribution in [0.15, 0.2) is 48.5 Å². The average molecular weight is 346 g/mol. The van der Waals surface area contributed by atoms with Crippen LogP contribution < -0.4 is 4.90 Å².